The third kappa shape index (κ3) is 2.36. The van der Waals surface area contributed by atoms with Gasteiger partial charge in [0.15, 0.2) is 0 Å². The van der Waals surface area contributed by atoms with Crippen LogP contribution in [0.15, 0.2) is 18.2 Å². The summed E-state index contributed by atoms with van der Waals surface area (Å²) in [5.74, 6) is -0.507. The van der Waals surface area contributed by atoms with E-state index in [2.05, 4.69) is 11.4 Å². The highest BCUT2D eigenvalue weighted by atomic mass is 35.5. The van der Waals surface area contributed by atoms with E-state index in [4.69, 9.17) is 11.6 Å². The fourth-order valence-corrected chi connectivity index (χ4v) is 2.55. The molecule has 1 heterocycles. The predicted molar refractivity (Wildman–Crippen MR) is 69.3 cm³/mol. The van der Waals surface area contributed by atoms with E-state index in [1.165, 1.54) is 24.1 Å². The molecule has 6 heteroatoms. The lowest BCUT2D eigenvalue weighted by Crippen LogP contribution is -2.39. The van der Waals surface area contributed by atoms with Gasteiger partial charge in [0, 0.05) is 30.7 Å². The Labute approximate surface area is 115 Å². The van der Waals surface area contributed by atoms with Crippen LogP contribution in [0, 0.1) is 17.1 Å². The van der Waals surface area contributed by atoms with E-state index < -0.39 is 11.2 Å². The number of nitriles is 1. The molecule has 0 aliphatic carbocycles. The van der Waals surface area contributed by atoms with Crippen molar-refractivity contribution in [2.75, 3.05) is 20.1 Å². The number of likely N-dealkylation sites (tertiary alicyclic amines) is 1. The summed E-state index contributed by atoms with van der Waals surface area (Å²) in [6.07, 6.45) is 0.412. The number of amides is 2. The molecule has 2 amide bonds. The number of halogens is 2. The minimum Gasteiger partial charge on any atom is -0.341 e. The highest BCUT2D eigenvalue weighted by molar-refractivity contribution is 6.30. The van der Waals surface area contributed by atoms with Crippen molar-refractivity contribution in [3.63, 3.8) is 0 Å². The second kappa shape index (κ2) is 5.06. The maximum atomic E-state index is 14.0. The third-order valence-corrected chi connectivity index (χ3v) is 3.67. The molecular formula is C13H13ClFN3O. The molecule has 0 bridgehead atoms. The molecule has 1 atom stereocenters. The van der Waals surface area contributed by atoms with E-state index in [1.807, 2.05) is 0 Å². The molecule has 1 aliphatic rings. The highest BCUT2D eigenvalue weighted by Gasteiger charge is 2.43. The first-order valence-electron chi connectivity index (χ1n) is 5.86. The van der Waals surface area contributed by atoms with Crippen molar-refractivity contribution in [1.82, 2.24) is 10.2 Å². The molecule has 4 nitrogen and oxygen atoms in total. The summed E-state index contributed by atoms with van der Waals surface area (Å²) in [6, 6.07) is 6.17. The van der Waals surface area contributed by atoms with Gasteiger partial charge in [-0.05, 0) is 18.6 Å². The standard InChI is InChI=1S/C13H13ClFN3O/c1-17-12(19)18-5-4-13(7-16,8-18)10-3-2-9(14)6-11(10)15/h2-3,6H,4-5,8H2,1H3,(H,17,19). The van der Waals surface area contributed by atoms with Gasteiger partial charge >= 0.3 is 6.03 Å². The van der Waals surface area contributed by atoms with Gasteiger partial charge < -0.3 is 10.2 Å². The molecular weight excluding hydrogens is 269 g/mol. The number of carbonyl (C=O) groups excluding carboxylic acids is 1. The summed E-state index contributed by atoms with van der Waals surface area (Å²) in [6.45, 7) is 0.608. The molecule has 1 saturated heterocycles. The number of hydrogen-bond acceptors (Lipinski definition) is 2. The zero-order chi connectivity index (χ0) is 14.0. The summed E-state index contributed by atoms with van der Waals surface area (Å²) < 4.78 is 14.0. The van der Waals surface area contributed by atoms with E-state index in [0.29, 0.717) is 18.5 Å². The Kier molecular flexibility index (Phi) is 3.63. The molecule has 1 aromatic carbocycles. The van der Waals surface area contributed by atoms with E-state index in [-0.39, 0.29) is 17.6 Å². The van der Waals surface area contributed by atoms with Gasteiger partial charge in [0.1, 0.15) is 11.2 Å². The summed E-state index contributed by atoms with van der Waals surface area (Å²) in [5, 5.41) is 12.2. The van der Waals surface area contributed by atoms with Gasteiger partial charge in [0.05, 0.1) is 6.07 Å². The zero-order valence-electron chi connectivity index (χ0n) is 10.4. The number of nitrogens with zero attached hydrogens (tertiary/aromatic N) is 2. The van der Waals surface area contributed by atoms with Crippen molar-refractivity contribution < 1.29 is 9.18 Å². The molecule has 0 spiro atoms. The van der Waals surface area contributed by atoms with E-state index in [0.717, 1.165) is 0 Å². The summed E-state index contributed by atoms with van der Waals surface area (Å²) in [5.41, 5.74) is -0.702. The Morgan fingerprint density at radius 2 is 2.37 bits per heavy atom. The minimum atomic E-state index is -0.999. The van der Waals surface area contributed by atoms with Crippen LogP contribution >= 0.6 is 11.6 Å². The topological polar surface area (TPSA) is 56.1 Å². The van der Waals surface area contributed by atoms with Crippen LogP contribution in [0.1, 0.15) is 12.0 Å². The Balaban J connectivity index is 2.36. The molecule has 0 radical (unpaired) electrons. The minimum absolute atomic E-state index is 0.182. The second-order valence-electron chi connectivity index (χ2n) is 4.54. The fourth-order valence-electron chi connectivity index (χ4n) is 2.39. The second-order valence-corrected chi connectivity index (χ2v) is 4.98. The lowest BCUT2D eigenvalue weighted by molar-refractivity contribution is 0.209. The SMILES string of the molecule is CNC(=O)N1CCC(C#N)(c2ccc(Cl)cc2F)C1. The number of nitrogens with one attached hydrogen (secondary N) is 1. The van der Waals surface area contributed by atoms with E-state index in [9.17, 15) is 14.4 Å². The monoisotopic (exact) mass is 281 g/mol. The zero-order valence-corrected chi connectivity index (χ0v) is 11.2. The summed E-state index contributed by atoms with van der Waals surface area (Å²) in [4.78, 5) is 13.1. The molecule has 19 heavy (non-hydrogen) atoms. The van der Waals surface area contributed by atoms with Crippen LogP contribution in [0.4, 0.5) is 9.18 Å². The molecule has 1 N–H and O–H groups in total. The summed E-state index contributed by atoms with van der Waals surface area (Å²) >= 11 is 5.72. The van der Waals surface area contributed by atoms with E-state index in [1.54, 1.807) is 6.07 Å². The summed E-state index contributed by atoms with van der Waals surface area (Å²) in [7, 11) is 1.53. The van der Waals surface area contributed by atoms with Gasteiger partial charge in [0.2, 0.25) is 0 Å². The molecule has 0 aromatic heterocycles. The van der Waals surface area contributed by atoms with Gasteiger partial charge in [0.25, 0.3) is 0 Å². The molecule has 1 aliphatic heterocycles. The molecule has 100 valence electrons. The van der Waals surface area contributed by atoms with Crippen molar-refractivity contribution in [3.05, 3.63) is 34.6 Å². The van der Waals surface area contributed by atoms with Crippen molar-refractivity contribution >= 4 is 17.6 Å². The molecule has 0 saturated carbocycles. The molecule has 1 fully saturated rings. The maximum Gasteiger partial charge on any atom is 0.317 e. The Hall–Kier alpha value is -1.80. The van der Waals surface area contributed by atoms with Crippen molar-refractivity contribution in [2.24, 2.45) is 0 Å². The first-order chi connectivity index (χ1) is 9.02. The third-order valence-electron chi connectivity index (χ3n) is 3.43. The number of hydrogen-bond donors (Lipinski definition) is 1. The quantitative estimate of drug-likeness (QED) is 0.859. The van der Waals surface area contributed by atoms with Gasteiger partial charge in [-0.3, -0.25) is 0 Å². The van der Waals surface area contributed by atoms with E-state index >= 15 is 0 Å². The number of urea groups is 1. The largest absolute Gasteiger partial charge is 0.341 e. The molecule has 1 unspecified atom stereocenters. The van der Waals surface area contributed by atoms with Crippen molar-refractivity contribution in [3.8, 4) is 6.07 Å². The van der Waals surface area contributed by atoms with Crippen LogP contribution in [-0.2, 0) is 5.41 Å². The average Bonchev–Trinajstić information content (AvgIpc) is 2.83. The van der Waals surface area contributed by atoms with Crippen LogP contribution < -0.4 is 5.32 Å². The van der Waals surface area contributed by atoms with Gasteiger partial charge in [-0.25, -0.2) is 9.18 Å². The predicted octanol–water partition coefficient (Wildman–Crippen LogP) is 2.29. The smallest absolute Gasteiger partial charge is 0.317 e. The highest BCUT2D eigenvalue weighted by Crippen LogP contribution is 2.36. The van der Waals surface area contributed by atoms with Crippen LogP contribution in [0.5, 0.6) is 0 Å². The Morgan fingerprint density at radius 1 is 1.63 bits per heavy atom. The molecule has 2 rings (SSSR count). The van der Waals surface area contributed by atoms with Gasteiger partial charge in [-0.1, -0.05) is 17.7 Å². The van der Waals surface area contributed by atoms with Crippen LogP contribution in [0.2, 0.25) is 5.02 Å². The van der Waals surface area contributed by atoms with Gasteiger partial charge in [-0.2, -0.15) is 5.26 Å². The fraction of sp³-hybridized carbons (Fsp3) is 0.385. The lowest BCUT2D eigenvalue weighted by atomic mass is 9.81. The van der Waals surface area contributed by atoms with Crippen molar-refractivity contribution in [1.29, 1.82) is 5.26 Å². The maximum absolute atomic E-state index is 14.0. The normalized spacial score (nSPS) is 22.1. The number of carbonyl (C=O) groups is 1. The van der Waals surface area contributed by atoms with Crippen LogP contribution in [0.25, 0.3) is 0 Å². The van der Waals surface area contributed by atoms with Crippen LogP contribution in [-0.4, -0.2) is 31.1 Å². The van der Waals surface area contributed by atoms with Crippen LogP contribution in [0.3, 0.4) is 0 Å². The number of benzene rings is 1. The Bertz CT molecular complexity index is 557. The first kappa shape index (κ1) is 13.6. The Morgan fingerprint density at radius 3 is 2.95 bits per heavy atom. The molecule has 1 aromatic rings. The first-order valence-corrected chi connectivity index (χ1v) is 6.23. The van der Waals surface area contributed by atoms with Crippen molar-refractivity contribution in [2.45, 2.75) is 11.8 Å². The number of rotatable bonds is 1. The lowest BCUT2D eigenvalue weighted by Gasteiger charge is -2.22. The van der Waals surface area contributed by atoms with Gasteiger partial charge in [-0.15, -0.1) is 0 Å². The average molecular weight is 282 g/mol.